The molecule has 3 rings (SSSR count). The van der Waals surface area contributed by atoms with Crippen molar-refractivity contribution < 1.29 is 9.21 Å². The average molecular weight is 411 g/mol. The molecule has 0 aliphatic carbocycles. The molecule has 1 N–H and O–H groups in total. The fraction of sp³-hybridized carbons (Fsp3) is 0.318. The maximum absolute atomic E-state index is 12.4. The van der Waals surface area contributed by atoms with Crippen LogP contribution >= 0.6 is 11.8 Å². The molecule has 2 aromatic heterocycles. The van der Waals surface area contributed by atoms with Gasteiger partial charge in [-0.05, 0) is 50.6 Å². The molecule has 0 radical (unpaired) electrons. The zero-order valence-corrected chi connectivity index (χ0v) is 17.8. The highest BCUT2D eigenvalue weighted by molar-refractivity contribution is 7.98. The van der Waals surface area contributed by atoms with Crippen molar-refractivity contribution in [2.45, 2.75) is 38.2 Å². The Hall–Kier alpha value is -2.80. The molecule has 1 aromatic carbocycles. The summed E-state index contributed by atoms with van der Waals surface area (Å²) < 4.78 is 5.25. The van der Waals surface area contributed by atoms with Crippen LogP contribution in [0.2, 0.25) is 0 Å². The van der Waals surface area contributed by atoms with Crippen molar-refractivity contribution >= 4 is 23.5 Å². The molecule has 0 spiro atoms. The van der Waals surface area contributed by atoms with Crippen LogP contribution < -0.4 is 10.2 Å². The molecule has 2 heterocycles. The van der Waals surface area contributed by atoms with Crippen LogP contribution in [0.1, 0.15) is 41.2 Å². The quantitative estimate of drug-likeness (QED) is 0.415. The molecule has 0 unspecified atom stereocenters. The number of carbonyl (C=O) groups is 1. The number of hydrogen-bond donors (Lipinski definition) is 1. The van der Waals surface area contributed by atoms with Crippen LogP contribution in [-0.4, -0.2) is 29.0 Å². The summed E-state index contributed by atoms with van der Waals surface area (Å²) >= 11 is 1.58. The van der Waals surface area contributed by atoms with Gasteiger partial charge in [-0.3, -0.25) is 4.79 Å². The molecule has 29 heavy (non-hydrogen) atoms. The Balaban J connectivity index is 1.64. The Labute approximate surface area is 175 Å². The van der Waals surface area contributed by atoms with Crippen LogP contribution in [0.4, 0.5) is 5.82 Å². The largest absolute Gasteiger partial charge is 0.467 e. The number of amides is 1. The third kappa shape index (κ3) is 5.84. The lowest BCUT2D eigenvalue weighted by Crippen LogP contribution is -2.23. The van der Waals surface area contributed by atoms with Gasteiger partial charge in [0.1, 0.15) is 11.6 Å². The highest BCUT2D eigenvalue weighted by atomic mass is 32.2. The minimum atomic E-state index is -0.121. The van der Waals surface area contributed by atoms with Gasteiger partial charge in [0, 0.05) is 36.2 Å². The second-order valence-corrected chi connectivity index (χ2v) is 7.52. The van der Waals surface area contributed by atoms with Crippen molar-refractivity contribution in [2.24, 2.45) is 0 Å². The molecule has 0 aliphatic heterocycles. The lowest BCUT2D eigenvalue weighted by molar-refractivity contribution is 0.0948. The van der Waals surface area contributed by atoms with Gasteiger partial charge in [0.25, 0.3) is 5.91 Å². The van der Waals surface area contributed by atoms with Gasteiger partial charge in [-0.1, -0.05) is 23.9 Å². The molecule has 6 nitrogen and oxygen atoms in total. The van der Waals surface area contributed by atoms with E-state index < -0.39 is 0 Å². The number of benzene rings is 1. The zero-order valence-electron chi connectivity index (χ0n) is 17.0. The second-order valence-electron chi connectivity index (χ2n) is 6.57. The number of nitrogens with zero attached hydrogens (tertiary/aromatic N) is 3. The lowest BCUT2D eigenvalue weighted by atomic mass is 10.1. The maximum Gasteiger partial charge on any atom is 0.251 e. The van der Waals surface area contributed by atoms with Crippen LogP contribution in [0.3, 0.4) is 0 Å². The highest BCUT2D eigenvalue weighted by Gasteiger charge is 2.10. The van der Waals surface area contributed by atoms with Gasteiger partial charge in [0.05, 0.1) is 12.8 Å². The monoisotopic (exact) mass is 410 g/mol. The minimum Gasteiger partial charge on any atom is -0.467 e. The SMILES string of the molecule is CCN(CC)c1cc(C)nc(SCc2cccc(C(=O)NCc3ccco3)c2)n1. The predicted octanol–water partition coefficient (Wildman–Crippen LogP) is 4.45. The molecular formula is C22H26N4O2S. The molecule has 0 saturated heterocycles. The van der Waals surface area contributed by atoms with Crippen LogP contribution in [0.5, 0.6) is 0 Å². The summed E-state index contributed by atoms with van der Waals surface area (Å²) in [6.07, 6.45) is 1.60. The Morgan fingerprint density at radius 2 is 1.97 bits per heavy atom. The summed E-state index contributed by atoms with van der Waals surface area (Å²) in [5.74, 6) is 2.26. The Morgan fingerprint density at radius 3 is 2.69 bits per heavy atom. The minimum absolute atomic E-state index is 0.121. The molecule has 0 bridgehead atoms. The number of carbonyl (C=O) groups excluding carboxylic acids is 1. The number of aromatic nitrogens is 2. The van der Waals surface area contributed by atoms with Crippen molar-refractivity contribution in [2.75, 3.05) is 18.0 Å². The summed E-state index contributed by atoms with van der Waals surface area (Å²) in [4.78, 5) is 23.9. The first-order chi connectivity index (χ1) is 14.1. The fourth-order valence-electron chi connectivity index (χ4n) is 2.93. The average Bonchev–Trinajstić information content (AvgIpc) is 3.25. The highest BCUT2D eigenvalue weighted by Crippen LogP contribution is 2.23. The van der Waals surface area contributed by atoms with Gasteiger partial charge in [0.2, 0.25) is 0 Å². The number of thioether (sulfide) groups is 1. The van der Waals surface area contributed by atoms with Crippen LogP contribution in [0.15, 0.2) is 58.3 Å². The topological polar surface area (TPSA) is 71.3 Å². The van der Waals surface area contributed by atoms with Gasteiger partial charge < -0.3 is 14.6 Å². The van der Waals surface area contributed by atoms with E-state index in [2.05, 4.69) is 29.0 Å². The number of nitrogens with one attached hydrogen (secondary N) is 1. The number of hydrogen-bond acceptors (Lipinski definition) is 6. The van der Waals surface area contributed by atoms with Gasteiger partial charge in [-0.2, -0.15) is 0 Å². The van der Waals surface area contributed by atoms with Crippen LogP contribution in [0, 0.1) is 6.92 Å². The molecule has 152 valence electrons. The lowest BCUT2D eigenvalue weighted by Gasteiger charge is -2.20. The summed E-state index contributed by atoms with van der Waals surface area (Å²) in [6, 6.07) is 13.3. The summed E-state index contributed by atoms with van der Waals surface area (Å²) in [7, 11) is 0. The van der Waals surface area contributed by atoms with E-state index in [9.17, 15) is 4.79 Å². The van der Waals surface area contributed by atoms with E-state index in [4.69, 9.17) is 9.40 Å². The molecular weight excluding hydrogens is 384 g/mol. The standard InChI is InChI=1S/C22H26N4O2S/c1-4-26(5-2)20-12-16(3)24-22(25-20)29-15-17-8-6-9-18(13-17)21(27)23-14-19-10-7-11-28-19/h6-13H,4-5,14-15H2,1-3H3,(H,23,27). The number of anilines is 1. The Bertz CT molecular complexity index is 940. The van der Waals surface area contributed by atoms with Crippen molar-refractivity contribution in [1.82, 2.24) is 15.3 Å². The van der Waals surface area contributed by atoms with Gasteiger partial charge in [-0.15, -0.1) is 0 Å². The van der Waals surface area contributed by atoms with E-state index in [-0.39, 0.29) is 5.91 Å². The Kier molecular flexibility index (Phi) is 7.30. The molecule has 0 saturated carbocycles. The van der Waals surface area contributed by atoms with Crippen LogP contribution in [-0.2, 0) is 12.3 Å². The van der Waals surface area contributed by atoms with Crippen molar-refractivity contribution in [3.63, 3.8) is 0 Å². The van der Waals surface area contributed by atoms with E-state index in [1.54, 1.807) is 24.1 Å². The molecule has 7 heteroatoms. The van der Waals surface area contributed by atoms with E-state index in [0.717, 1.165) is 41.1 Å². The van der Waals surface area contributed by atoms with Gasteiger partial charge in [0.15, 0.2) is 5.16 Å². The van der Waals surface area contributed by atoms with Gasteiger partial charge in [-0.25, -0.2) is 9.97 Å². The summed E-state index contributed by atoms with van der Waals surface area (Å²) in [5, 5.41) is 3.62. The van der Waals surface area contributed by atoms with Crippen LogP contribution in [0.25, 0.3) is 0 Å². The maximum atomic E-state index is 12.4. The zero-order chi connectivity index (χ0) is 20.6. The Morgan fingerprint density at radius 1 is 1.14 bits per heavy atom. The summed E-state index contributed by atoms with van der Waals surface area (Å²) in [5.41, 5.74) is 2.63. The molecule has 0 atom stereocenters. The first-order valence-electron chi connectivity index (χ1n) is 9.72. The molecule has 3 aromatic rings. The van der Waals surface area contributed by atoms with Crippen molar-refractivity contribution in [1.29, 1.82) is 0 Å². The summed E-state index contributed by atoms with van der Waals surface area (Å²) in [6.45, 7) is 8.42. The van der Waals surface area contributed by atoms with E-state index in [1.165, 1.54) is 0 Å². The fourth-order valence-corrected chi connectivity index (χ4v) is 3.77. The molecule has 0 aliphatic rings. The number of rotatable bonds is 9. The normalized spacial score (nSPS) is 10.7. The number of furan rings is 1. The first-order valence-corrected chi connectivity index (χ1v) is 10.7. The first kappa shape index (κ1) is 20.9. The number of aryl methyl sites for hydroxylation is 1. The second kappa shape index (κ2) is 10.1. The van der Waals surface area contributed by atoms with Crippen molar-refractivity contribution in [3.05, 3.63) is 71.3 Å². The van der Waals surface area contributed by atoms with E-state index in [0.29, 0.717) is 17.9 Å². The third-order valence-corrected chi connectivity index (χ3v) is 5.39. The third-order valence-electron chi connectivity index (χ3n) is 4.47. The van der Waals surface area contributed by atoms with Gasteiger partial charge >= 0.3 is 0 Å². The predicted molar refractivity (Wildman–Crippen MR) is 116 cm³/mol. The smallest absolute Gasteiger partial charge is 0.251 e. The van der Waals surface area contributed by atoms with Crippen molar-refractivity contribution in [3.8, 4) is 0 Å². The molecule has 0 fully saturated rings. The molecule has 1 amide bonds. The van der Waals surface area contributed by atoms with E-state index in [1.807, 2.05) is 43.3 Å². The van der Waals surface area contributed by atoms with E-state index >= 15 is 0 Å².